The summed E-state index contributed by atoms with van der Waals surface area (Å²) in [6, 6.07) is 12.8. The molecule has 0 unspecified atom stereocenters. The Balaban J connectivity index is 1.93. The lowest BCUT2D eigenvalue weighted by Gasteiger charge is -2.16. The Morgan fingerprint density at radius 1 is 1.24 bits per heavy atom. The average molecular weight is 353 g/mol. The van der Waals surface area contributed by atoms with Gasteiger partial charge >= 0.3 is 0 Å². The molecule has 0 spiro atoms. The SMILES string of the molecule is Cc1ccccc1[C@@H](C)NC(=O)c1ccc2c(=O)n(C)c(=S)[nH]c2c1. The largest absolute Gasteiger partial charge is 0.346 e. The van der Waals surface area contributed by atoms with Gasteiger partial charge < -0.3 is 10.3 Å². The molecule has 2 N–H and O–H groups in total. The van der Waals surface area contributed by atoms with Gasteiger partial charge in [-0.25, -0.2) is 0 Å². The van der Waals surface area contributed by atoms with Crippen molar-refractivity contribution in [3.63, 3.8) is 0 Å². The second-order valence-corrected chi connectivity index (χ2v) is 6.49. The number of fused-ring (bicyclic) bond motifs is 1. The van der Waals surface area contributed by atoms with E-state index in [-0.39, 0.29) is 17.5 Å². The highest BCUT2D eigenvalue weighted by atomic mass is 32.1. The molecule has 1 heterocycles. The van der Waals surface area contributed by atoms with Crippen molar-refractivity contribution in [3.8, 4) is 0 Å². The maximum Gasteiger partial charge on any atom is 0.261 e. The summed E-state index contributed by atoms with van der Waals surface area (Å²) >= 11 is 5.13. The monoisotopic (exact) mass is 353 g/mol. The molecule has 1 amide bonds. The first-order valence-electron chi connectivity index (χ1n) is 7.98. The maximum absolute atomic E-state index is 12.6. The highest BCUT2D eigenvalue weighted by molar-refractivity contribution is 7.71. The molecule has 6 heteroatoms. The summed E-state index contributed by atoms with van der Waals surface area (Å²) in [5, 5.41) is 3.50. The molecule has 0 aliphatic carbocycles. The van der Waals surface area contributed by atoms with Crippen LogP contribution in [-0.2, 0) is 7.05 Å². The van der Waals surface area contributed by atoms with Crippen LogP contribution in [0.5, 0.6) is 0 Å². The number of rotatable bonds is 3. The molecule has 25 heavy (non-hydrogen) atoms. The van der Waals surface area contributed by atoms with E-state index in [1.165, 1.54) is 4.57 Å². The predicted molar refractivity (Wildman–Crippen MR) is 101 cm³/mol. The number of nitrogens with zero attached hydrogens (tertiary/aromatic N) is 1. The van der Waals surface area contributed by atoms with Gasteiger partial charge in [-0.05, 0) is 55.4 Å². The van der Waals surface area contributed by atoms with Crippen molar-refractivity contribution >= 4 is 29.0 Å². The van der Waals surface area contributed by atoms with Crippen LogP contribution in [0.1, 0.15) is 34.5 Å². The van der Waals surface area contributed by atoms with Crippen LogP contribution in [0.2, 0.25) is 0 Å². The van der Waals surface area contributed by atoms with Crippen LogP contribution >= 0.6 is 12.2 Å². The average Bonchev–Trinajstić information content (AvgIpc) is 2.59. The summed E-state index contributed by atoms with van der Waals surface area (Å²) in [6.07, 6.45) is 0. The van der Waals surface area contributed by atoms with Crippen LogP contribution in [0.25, 0.3) is 10.9 Å². The minimum atomic E-state index is -0.197. The number of aryl methyl sites for hydroxylation is 1. The number of carbonyl (C=O) groups is 1. The summed E-state index contributed by atoms with van der Waals surface area (Å²) in [5.41, 5.74) is 3.06. The number of carbonyl (C=O) groups excluding carboxylic acids is 1. The van der Waals surface area contributed by atoms with Crippen molar-refractivity contribution in [3.05, 3.63) is 74.3 Å². The predicted octanol–water partition coefficient (Wildman–Crippen LogP) is 3.40. The normalized spacial score (nSPS) is 12.1. The van der Waals surface area contributed by atoms with Crippen molar-refractivity contribution in [1.82, 2.24) is 14.9 Å². The molecular formula is C19H19N3O2S. The van der Waals surface area contributed by atoms with Crippen LogP contribution in [0.15, 0.2) is 47.3 Å². The Labute approximate surface area is 150 Å². The summed E-state index contributed by atoms with van der Waals surface area (Å²) < 4.78 is 1.70. The molecule has 128 valence electrons. The number of hydrogen-bond acceptors (Lipinski definition) is 3. The van der Waals surface area contributed by atoms with E-state index in [2.05, 4.69) is 10.3 Å². The van der Waals surface area contributed by atoms with E-state index in [0.29, 0.717) is 21.2 Å². The summed E-state index contributed by atoms with van der Waals surface area (Å²) in [6.45, 7) is 3.97. The van der Waals surface area contributed by atoms with Crippen molar-refractivity contribution in [2.75, 3.05) is 0 Å². The smallest absolute Gasteiger partial charge is 0.261 e. The Morgan fingerprint density at radius 2 is 1.96 bits per heavy atom. The molecule has 1 aromatic heterocycles. The van der Waals surface area contributed by atoms with Crippen LogP contribution < -0.4 is 10.9 Å². The molecule has 1 atom stereocenters. The van der Waals surface area contributed by atoms with Gasteiger partial charge in [-0.1, -0.05) is 24.3 Å². The van der Waals surface area contributed by atoms with E-state index in [1.807, 2.05) is 38.1 Å². The summed E-state index contributed by atoms with van der Waals surface area (Å²) in [7, 11) is 1.62. The quantitative estimate of drug-likeness (QED) is 0.709. The molecule has 3 aromatic rings. The number of amides is 1. The van der Waals surface area contributed by atoms with Gasteiger partial charge in [0.1, 0.15) is 0 Å². The highest BCUT2D eigenvalue weighted by Gasteiger charge is 2.14. The van der Waals surface area contributed by atoms with Gasteiger partial charge in [-0.2, -0.15) is 0 Å². The van der Waals surface area contributed by atoms with Gasteiger partial charge in [0.15, 0.2) is 4.77 Å². The van der Waals surface area contributed by atoms with E-state index in [9.17, 15) is 9.59 Å². The van der Waals surface area contributed by atoms with Gasteiger partial charge in [-0.3, -0.25) is 14.2 Å². The van der Waals surface area contributed by atoms with E-state index >= 15 is 0 Å². The molecule has 5 nitrogen and oxygen atoms in total. The second-order valence-electron chi connectivity index (χ2n) is 6.11. The molecule has 0 aliphatic rings. The van der Waals surface area contributed by atoms with E-state index < -0.39 is 0 Å². The maximum atomic E-state index is 12.6. The Kier molecular flexibility index (Phi) is 4.55. The zero-order chi connectivity index (χ0) is 18.1. The minimum Gasteiger partial charge on any atom is -0.346 e. The second kappa shape index (κ2) is 6.64. The molecule has 0 bridgehead atoms. The van der Waals surface area contributed by atoms with Crippen molar-refractivity contribution in [2.45, 2.75) is 19.9 Å². The molecule has 0 radical (unpaired) electrons. The van der Waals surface area contributed by atoms with Crippen molar-refractivity contribution in [1.29, 1.82) is 0 Å². The fourth-order valence-electron chi connectivity index (χ4n) is 2.88. The molecule has 0 saturated carbocycles. The van der Waals surface area contributed by atoms with Crippen LogP contribution in [-0.4, -0.2) is 15.5 Å². The van der Waals surface area contributed by atoms with Crippen LogP contribution in [0, 0.1) is 11.7 Å². The van der Waals surface area contributed by atoms with Gasteiger partial charge in [0.25, 0.3) is 11.5 Å². The topological polar surface area (TPSA) is 66.9 Å². The highest BCUT2D eigenvalue weighted by Crippen LogP contribution is 2.18. The van der Waals surface area contributed by atoms with E-state index in [1.54, 1.807) is 25.2 Å². The Hall–Kier alpha value is -2.73. The minimum absolute atomic E-state index is 0.119. The zero-order valence-electron chi connectivity index (χ0n) is 14.3. The number of nitrogens with one attached hydrogen (secondary N) is 2. The standard InChI is InChI=1S/C19H19N3O2S/c1-11-6-4-5-7-14(11)12(2)20-17(23)13-8-9-15-16(10-13)21-19(25)22(3)18(15)24/h4-10,12H,1-3H3,(H,20,23)(H,21,25)/t12-/m1/s1. The fourth-order valence-corrected chi connectivity index (χ4v) is 3.07. The third kappa shape index (κ3) is 3.25. The lowest BCUT2D eigenvalue weighted by Crippen LogP contribution is -2.27. The van der Waals surface area contributed by atoms with Gasteiger partial charge in [0.05, 0.1) is 16.9 Å². The van der Waals surface area contributed by atoms with Crippen molar-refractivity contribution < 1.29 is 4.79 Å². The molecule has 0 saturated heterocycles. The number of benzene rings is 2. The summed E-state index contributed by atoms with van der Waals surface area (Å²) in [4.78, 5) is 27.8. The first kappa shape index (κ1) is 17.1. The fraction of sp³-hybridized carbons (Fsp3) is 0.211. The Morgan fingerprint density at radius 3 is 2.68 bits per heavy atom. The molecule has 0 aliphatic heterocycles. The number of hydrogen-bond donors (Lipinski definition) is 2. The first-order valence-corrected chi connectivity index (χ1v) is 8.39. The van der Waals surface area contributed by atoms with Gasteiger partial charge in [0.2, 0.25) is 0 Å². The third-order valence-electron chi connectivity index (χ3n) is 4.37. The molecule has 2 aromatic carbocycles. The van der Waals surface area contributed by atoms with Crippen molar-refractivity contribution in [2.24, 2.45) is 7.05 Å². The van der Waals surface area contributed by atoms with Gasteiger partial charge in [0, 0.05) is 12.6 Å². The zero-order valence-corrected chi connectivity index (χ0v) is 15.1. The Bertz CT molecular complexity index is 1080. The first-order chi connectivity index (χ1) is 11.9. The molecular weight excluding hydrogens is 334 g/mol. The lowest BCUT2D eigenvalue weighted by molar-refractivity contribution is 0.0940. The van der Waals surface area contributed by atoms with E-state index in [4.69, 9.17) is 12.2 Å². The molecule has 3 rings (SSSR count). The van der Waals surface area contributed by atoms with Crippen LogP contribution in [0.3, 0.4) is 0 Å². The number of H-pyrrole nitrogens is 1. The summed E-state index contributed by atoms with van der Waals surface area (Å²) in [5.74, 6) is -0.197. The third-order valence-corrected chi connectivity index (χ3v) is 4.74. The number of aromatic nitrogens is 2. The lowest BCUT2D eigenvalue weighted by atomic mass is 10.0. The van der Waals surface area contributed by atoms with Gasteiger partial charge in [-0.15, -0.1) is 0 Å². The number of aromatic amines is 1. The van der Waals surface area contributed by atoms with E-state index in [0.717, 1.165) is 11.1 Å². The molecule has 0 fully saturated rings. The van der Waals surface area contributed by atoms with Crippen LogP contribution in [0.4, 0.5) is 0 Å².